The van der Waals surface area contributed by atoms with Crippen molar-refractivity contribution < 1.29 is 32.5 Å². The van der Waals surface area contributed by atoms with Crippen LogP contribution in [0.15, 0.2) is 48.5 Å². The number of amides is 1. The molecule has 0 spiro atoms. The minimum atomic E-state index is -4.77. The molecule has 1 amide bonds. The van der Waals surface area contributed by atoms with Crippen LogP contribution in [-0.2, 0) is 0 Å². The second-order valence-electron chi connectivity index (χ2n) is 5.04. The standard InChI is InChI=1S/C17H16F3NO4/c1-24-15-5-3-2-4-13(15)16(23)21-10-14(22)11-6-8-12(9-7-11)25-17(18,19)20/h2-9,14,22H,10H2,1H3,(H,21,23). The number of aliphatic hydroxyl groups is 1. The van der Waals surface area contributed by atoms with Crippen LogP contribution in [-0.4, -0.2) is 31.0 Å². The molecule has 0 aliphatic rings. The number of benzene rings is 2. The van der Waals surface area contributed by atoms with Gasteiger partial charge < -0.3 is 19.9 Å². The lowest BCUT2D eigenvalue weighted by atomic mass is 10.1. The van der Waals surface area contributed by atoms with Crippen molar-refractivity contribution in [2.24, 2.45) is 0 Å². The van der Waals surface area contributed by atoms with Crippen molar-refractivity contribution in [3.05, 3.63) is 59.7 Å². The molecule has 8 heteroatoms. The van der Waals surface area contributed by atoms with Crippen molar-refractivity contribution in [2.75, 3.05) is 13.7 Å². The Bertz CT molecular complexity index is 717. The number of rotatable bonds is 6. The van der Waals surface area contributed by atoms with Crippen molar-refractivity contribution in [1.29, 1.82) is 0 Å². The zero-order valence-electron chi connectivity index (χ0n) is 13.2. The Morgan fingerprint density at radius 3 is 2.40 bits per heavy atom. The fourth-order valence-corrected chi connectivity index (χ4v) is 2.13. The van der Waals surface area contributed by atoms with Crippen molar-refractivity contribution in [1.82, 2.24) is 5.32 Å². The van der Waals surface area contributed by atoms with E-state index in [4.69, 9.17) is 4.74 Å². The smallest absolute Gasteiger partial charge is 0.496 e. The van der Waals surface area contributed by atoms with E-state index in [1.165, 1.54) is 19.2 Å². The van der Waals surface area contributed by atoms with Crippen LogP contribution in [0.25, 0.3) is 0 Å². The quantitative estimate of drug-likeness (QED) is 0.836. The lowest BCUT2D eigenvalue weighted by Gasteiger charge is -2.14. The molecule has 0 bridgehead atoms. The van der Waals surface area contributed by atoms with Crippen LogP contribution in [0.4, 0.5) is 13.2 Å². The molecule has 2 N–H and O–H groups in total. The first-order chi connectivity index (χ1) is 11.8. The molecule has 0 saturated heterocycles. The highest BCUT2D eigenvalue weighted by Crippen LogP contribution is 2.24. The Hall–Kier alpha value is -2.74. The van der Waals surface area contributed by atoms with Crippen LogP contribution in [0, 0.1) is 0 Å². The minimum absolute atomic E-state index is 0.115. The number of ether oxygens (including phenoxy) is 2. The maximum absolute atomic E-state index is 12.1. The molecule has 2 aromatic carbocycles. The van der Waals surface area contributed by atoms with Crippen molar-refractivity contribution in [3.8, 4) is 11.5 Å². The van der Waals surface area contributed by atoms with Gasteiger partial charge in [0.2, 0.25) is 0 Å². The van der Waals surface area contributed by atoms with E-state index in [0.29, 0.717) is 16.9 Å². The van der Waals surface area contributed by atoms with Gasteiger partial charge in [0.25, 0.3) is 5.91 Å². The molecule has 0 aliphatic carbocycles. The maximum atomic E-state index is 12.1. The van der Waals surface area contributed by atoms with Crippen LogP contribution >= 0.6 is 0 Å². The number of hydrogen-bond donors (Lipinski definition) is 2. The second-order valence-corrected chi connectivity index (χ2v) is 5.04. The topological polar surface area (TPSA) is 67.8 Å². The third-order valence-corrected chi connectivity index (χ3v) is 3.31. The van der Waals surface area contributed by atoms with E-state index in [9.17, 15) is 23.1 Å². The molecule has 134 valence electrons. The Labute approximate surface area is 142 Å². The summed E-state index contributed by atoms with van der Waals surface area (Å²) in [7, 11) is 1.44. The largest absolute Gasteiger partial charge is 0.573 e. The first kappa shape index (κ1) is 18.6. The summed E-state index contributed by atoms with van der Waals surface area (Å²) < 4.78 is 45.1. The first-order valence-electron chi connectivity index (χ1n) is 7.25. The molecule has 2 aromatic rings. The number of carbonyl (C=O) groups is 1. The lowest BCUT2D eigenvalue weighted by molar-refractivity contribution is -0.274. The van der Waals surface area contributed by atoms with Crippen LogP contribution in [0.5, 0.6) is 11.5 Å². The lowest BCUT2D eigenvalue weighted by Crippen LogP contribution is -2.28. The molecule has 0 aromatic heterocycles. The molecular formula is C17H16F3NO4. The SMILES string of the molecule is COc1ccccc1C(=O)NCC(O)c1ccc(OC(F)(F)F)cc1. The van der Waals surface area contributed by atoms with E-state index in [2.05, 4.69) is 10.1 Å². The van der Waals surface area contributed by atoms with E-state index in [-0.39, 0.29) is 12.3 Å². The van der Waals surface area contributed by atoms with Gasteiger partial charge in [0, 0.05) is 6.54 Å². The van der Waals surface area contributed by atoms with Gasteiger partial charge in [-0.3, -0.25) is 4.79 Å². The molecule has 2 rings (SSSR count). The molecule has 0 fully saturated rings. The van der Waals surface area contributed by atoms with Crippen molar-refractivity contribution in [2.45, 2.75) is 12.5 Å². The number of para-hydroxylation sites is 1. The summed E-state index contributed by atoms with van der Waals surface area (Å²) in [5.74, 6) is -0.432. The fourth-order valence-electron chi connectivity index (χ4n) is 2.13. The number of methoxy groups -OCH3 is 1. The average molecular weight is 355 g/mol. The molecule has 1 unspecified atom stereocenters. The third-order valence-electron chi connectivity index (χ3n) is 3.31. The van der Waals surface area contributed by atoms with Gasteiger partial charge in [-0.15, -0.1) is 13.2 Å². The van der Waals surface area contributed by atoms with Gasteiger partial charge in [-0.25, -0.2) is 0 Å². The number of hydrogen-bond acceptors (Lipinski definition) is 4. The van der Waals surface area contributed by atoms with E-state index in [0.717, 1.165) is 12.1 Å². The number of aliphatic hydroxyl groups excluding tert-OH is 1. The number of nitrogens with one attached hydrogen (secondary N) is 1. The first-order valence-corrected chi connectivity index (χ1v) is 7.25. The summed E-state index contributed by atoms with van der Waals surface area (Å²) in [6.07, 6.45) is -5.86. The highest BCUT2D eigenvalue weighted by Gasteiger charge is 2.31. The molecule has 0 aliphatic heterocycles. The van der Waals surface area contributed by atoms with Gasteiger partial charge in [0.1, 0.15) is 11.5 Å². The van der Waals surface area contributed by atoms with Crippen LogP contribution in [0.1, 0.15) is 22.0 Å². The minimum Gasteiger partial charge on any atom is -0.496 e. The summed E-state index contributed by atoms with van der Waals surface area (Å²) in [4.78, 5) is 12.1. The molecule has 1 atom stereocenters. The summed E-state index contributed by atoms with van der Waals surface area (Å²) in [5, 5.41) is 12.6. The zero-order valence-corrected chi connectivity index (χ0v) is 13.2. The summed E-state index contributed by atoms with van der Waals surface area (Å²) in [6.45, 7) is -0.115. The van der Waals surface area contributed by atoms with Crippen LogP contribution in [0.2, 0.25) is 0 Å². The van der Waals surface area contributed by atoms with Gasteiger partial charge >= 0.3 is 6.36 Å². The van der Waals surface area contributed by atoms with Crippen LogP contribution < -0.4 is 14.8 Å². The molecule has 0 saturated carbocycles. The van der Waals surface area contributed by atoms with Gasteiger partial charge in [-0.2, -0.15) is 0 Å². The molecule has 0 heterocycles. The second kappa shape index (κ2) is 7.89. The fraction of sp³-hybridized carbons (Fsp3) is 0.235. The Morgan fingerprint density at radius 1 is 1.16 bits per heavy atom. The monoisotopic (exact) mass is 355 g/mol. The number of halogens is 3. The zero-order chi connectivity index (χ0) is 18.4. The molecule has 0 radical (unpaired) electrons. The molecule has 25 heavy (non-hydrogen) atoms. The normalized spacial score (nSPS) is 12.4. The summed E-state index contributed by atoms with van der Waals surface area (Å²) in [5.41, 5.74) is 0.654. The summed E-state index contributed by atoms with van der Waals surface area (Å²) in [6, 6.07) is 11.4. The Morgan fingerprint density at radius 2 is 1.80 bits per heavy atom. The van der Waals surface area contributed by atoms with Crippen LogP contribution in [0.3, 0.4) is 0 Å². The Kier molecular flexibility index (Phi) is 5.87. The maximum Gasteiger partial charge on any atom is 0.573 e. The molecule has 5 nitrogen and oxygen atoms in total. The third kappa shape index (κ3) is 5.39. The Balaban J connectivity index is 1.95. The molecular weight excluding hydrogens is 339 g/mol. The van der Waals surface area contributed by atoms with Gasteiger partial charge in [0.15, 0.2) is 0 Å². The van der Waals surface area contributed by atoms with E-state index < -0.39 is 18.4 Å². The average Bonchev–Trinajstić information content (AvgIpc) is 2.58. The predicted octanol–water partition coefficient (Wildman–Crippen LogP) is 3.06. The van der Waals surface area contributed by atoms with Crippen molar-refractivity contribution in [3.63, 3.8) is 0 Å². The van der Waals surface area contributed by atoms with Gasteiger partial charge in [-0.1, -0.05) is 24.3 Å². The number of carbonyl (C=O) groups excluding carboxylic acids is 1. The highest BCUT2D eigenvalue weighted by molar-refractivity contribution is 5.96. The summed E-state index contributed by atoms with van der Waals surface area (Å²) >= 11 is 0. The van der Waals surface area contributed by atoms with E-state index >= 15 is 0 Å². The predicted molar refractivity (Wildman–Crippen MR) is 83.4 cm³/mol. The van der Waals surface area contributed by atoms with Gasteiger partial charge in [-0.05, 0) is 29.8 Å². The van der Waals surface area contributed by atoms with E-state index in [1.807, 2.05) is 0 Å². The van der Waals surface area contributed by atoms with Gasteiger partial charge in [0.05, 0.1) is 18.8 Å². The van der Waals surface area contributed by atoms with E-state index in [1.54, 1.807) is 24.3 Å². The number of alkyl halides is 3. The van der Waals surface area contributed by atoms with Crippen molar-refractivity contribution >= 4 is 5.91 Å². The highest BCUT2D eigenvalue weighted by atomic mass is 19.4.